The first-order valence-electron chi connectivity index (χ1n) is 6.06. The molecule has 1 aromatic heterocycles. The molecule has 0 radical (unpaired) electrons. The molecule has 2 rings (SSSR count). The van der Waals surface area contributed by atoms with E-state index in [1.54, 1.807) is 12.3 Å². The summed E-state index contributed by atoms with van der Waals surface area (Å²) < 4.78 is 10.3. The predicted octanol–water partition coefficient (Wildman–Crippen LogP) is 2.50. The smallest absolute Gasteiger partial charge is 0.347 e. The normalized spacial score (nSPS) is 10.9. The highest BCUT2D eigenvalue weighted by atomic mass is 35.5. The highest BCUT2D eigenvalue weighted by Gasteiger charge is 2.08. The first-order chi connectivity index (χ1) is 10.0. The molecular formula is C14H14ClN3O3. The number of H-pyrrole nitrogens is 1. The molecule has 0 fully saturated rings. The van der Waals surface area contributed by atoms with E-state index in [2.05, 4.69) is 15.0 Å². The van der Waals surface area contributed by atoms with Gasteiger partial charge in [-0.2, -0.15) is 4.98 Å². The zero-order valence-corrected chi connectivity index (χ0v) is 12.6. The van der Waals surface area contributed by atoms with Crippen LogP contribution in [0.15, 0.2) is 28.1 Å². The fourth-order valence-electron chi connectivity index (χ4n) is 1.83. The predicted molar refractivity (Wildman–Crippen MR) is 81.4 cm³/mol. The first kappa shape index (κ1) is 15.1. The molecule has 0 aliphatic heterocycles. The first-order valence-corrected chi connectivity index (χ1v) is 6.44. The second-order valence-electron chi connectivity index (χ2n) is 4.23. The molecule has 0 spiro atoms. The van der Waals surface area contributed by atoms with Crippen LogP contribution < -0.4 is 15.2 Å². The molecule has 0 bridgehead atoms. The van der Waals surface area contributed by atoms with Gasteiger partial charge in [0.05, 0.1) is 25.4 Å². The standard InChI is InChI=1S/C14H14ClN3O3/c1-8-4-9(12(20-2)10(15)5-8)6-16-11-7-17-14(19)18-13(11)21-3/h4-7H,1-3H3,(H,17,18,19). The average Bonchev–Trinajstić information content (AvgIpc) is 2.45. The van der Waals surface area contributed by atoms with E-state index >= 15 is 0 Å². The zero-order valence-electron chi connectivity index (χ0n) is 11.8. The highest BCUT2D eigenvalue weighted by molar-refractivity contribution is 6.32. The van der Waals surface area contributed by atoms with Crippen molar-refractivity contribution in [1.29, 1.82) is 0 Å². The number of hydrogen-bond acceptors (Lipinski definition) is 5. The highest BCUT2D eigenvalue weighted by Crippen LogP contribution is 2.30. The number of rotatable bonds is 4. The Labute approximate surface area is 126 Å². The lowest BCUT2D eigenvalue weighted by Crippen LogP contribution is -2.09. The van der Waals surface area contributed by atoms with Crippen molar-refractivity contribution in [1.82, 2.24) is 9.97 Å². The molecule has 0 aliphatic carbocycles. The molecule has 7 heteroatoms. The second kappa shape index (κ2) is 6.41. The van der Waals surface area contributed by atoms with Gasteiger partial charge in [-0.3, -0.25) is 4.98 Å². The van der Waals surface area contributed by atoms with E-state index in [-0.39, 0.29) is 5.88 Å². The van der Waals surface area contributed by atoms with E-state index in [1.807, 2.05) is 13.0 Å². The van der Waals surface area contributed by atoms with Crippen LogP contribution in [0.2, 0.25) is 5.02 Å². The number of ether oxygens (including phenoxy) is 2. The molecule has 1 aromatic carbocycles. The van der Waals surface area contributed by atoms with Crippen molar-refractivity contribution in [2.75, 3.05) is 14.2 Å². The van der Waals surface area contributed by atoms with Gasteiger partial charge in [-0.15, -0.1) is 0 Å². The minimum atomic E-state index is -0.498. The second-order valence-corrected chi connectivity index (χ2v) is 4.64. The summed E-state index contributed by atoms with van der Waals surface area (Å²) in [7, 11) is 2.98. The lowest BCUT2D eigenvalue weighted by molar-refractivity contribution is 0.397. The molecule has 21 heavy (non-hydrogen) atoms. The van der Waals surface area contributed by atoms with Gasteiger partial charge in [0.15, 0.2) is 0 Å². The summed E-state index contributed by atoms with van der Waals surface area (Å²) >= 11 is 6.12. The van der Waals surface area contributed by atoms with Crippen LogP contribution in [0.1, 0.15) is 11.1 Å². The van der Waals surface area contributed by atoms with Crippen LogP contribution in [-0.4, -0.2) is 30.4 Å². The van der Waals surface area contributed by atoms with E-state index in [1.165, 1.54) is 20.4 Å². The van der Waals surface area contributed by atoms with E-state index in [0.717, 1.165) is 11.1 Å². The maximum absolute atomic E-state index is 11.1. The number of methoxy groups -OCH3 is 2. The summed E-state index contributed by atoms with van der Waals surface area (Å²) in [5.74, 6) is 0.770. The number of hydrogen-bond donors (Lipinski definition) is 1. The lowest BCUT2D eigenvalue weighted by Gasteiger charge is -2.08. The Morgan fingerprint density at radius 3 is 2.76 bits per heavy atom. The summed E-state index contributed by atoms with van der Waals surface area (Å²) in [4.78, 5) is 21.5. The molecule has 1 heterocycles. The summed E-state index contributed by atoms with van der Waals surface area (Å²) in [5.41, 5.74) is 1.60. The van der Waals surface area contributed by atoms with Gasteiger partial charge in [-0.1, -0.05) is 11.6 Å². The van der Waals surface area contributed by atoms with Gasteiger partial charge in [-0.25, -0.2) is 9.79 Å². The molecule has 0 unspecified atom stereocenters. The number of nitrogens with one attached hydrogen (secondary N) is 1. The topological polar surface area (TPSA) is 76.6 Å². The Morgan fingerprint density at radius 1 is 1.33 bits per heavy atom. The quantitative estimate of drug-likeness (QED) is 0.880. The Bertz CT molecular complexity index is 741. The Morgan fingerprint density at radius 2 is 2.10 bits per heavy atom. The number of aliphatic imine (C=N–C) groups is 1. The van der Waals surface area contributed by atoms with E-state index < -0.39 is 5.69 Å². The van der Waals surface area contributed by atoms with E-state index in [9.17, 15) is 4.79 Å². The van der Waals surface area contributed by atoms with Gasteiger partial charge >= 0.3 is 5.69 Å². The molecule has 110 valence electrons. The minimum absolute atomic E-state index is 0.240. The molecule has 0 saturated carbocycles. The fourth-order valence-corrected chi connectivity index (χ4v) is 2.18. The SMILES string of the molecule is COc1[nH]c(=O)ncc1N=Cc1cc(C)cc(Cl)c1OC. The van der Waals surface area contributed by atoms with Crippen molar-refractivity contribution in [3.05, 3.63) is 45.0 Å². The number of halogens is 1. The summed E-state index contributed by atoms with van der Waals surface area (Å²) in [5, 5.41) is 0.505. The number of nitrogens with zero attached hydrogens (tertiary/aromatic N) is 2. The van der Waals surface area contributed by atoms with Gasteiger partial charge in [-0.05, 0) is 24.6 Å². The molecule has 0 saturated heterocycles. The maximum atomic E-state index is 11.1. The number of aromatic nitrogens is 2. The van der Waals surface area contributed by atoms with Crippen molar-refractivity contribution >= 4 is 23.5 Å². The molecule has 0 atom stereocenters. The monoisotopic (exact) mass is 307 g/mol. The van der Waals surface area contributed by atoms with Crippen molar-refractivity contribution in [2.24, 2.45) is 4.99 Å². The van der Waals surface area contributed by atoms with Gasteiger partial charge in [0.25, 0.3) is 0 Å². The third-order valence-corrected chi connectivity index (χ3v) is 3.01. The minimum Gasteiger partial charge on any atom is -0.495 e. The fraction of sp³-hybridized carbons (Fsp3) is 0.214. The largest absolute Gasteiger partial charge is 0.495 e. The average molecular weight is 308 g/mol. The Hall–Kier alpha value is -2.34. The van der Waals surface area contributed by atoms with Gasteiger partial charge < -0.3 is 9.47 Å². The zero-order chi connectivity index (χ0) is 15.4. The third kappa shape index (κ3) is 3.41. The Balaban J connectivity index is 2.44. The lowest BCUT2D eigenvalue weighted by atomic mass is 10.1. The van der Waals surface area contributed by atoms with Crippen LogP contribution in [-0.2, 0) is 0 Å². The van der Waals surface area contributed by atoms with Crippen molar-refractivity contribution in [3.63, 3.8) is 0 Å². The molecular weight excluding hydrogens is 294 g/mol. The van der Waals surface area contributed by atoms with E-state index in [0.29, 0.717) is 16.5 Å². The van der Waals surface area contributed by atoms with Crippen molar-refractivity contribution in [2.45, 2.75) is 6.92 Å². The van der Waals surface area contributed by atoms with Crippen molar-refractivity contribution in [3.8, 4) is 11.6 Å². The number of aromatic amines is 1. The van der Waals surface area contributed by atoms with Crippen LogP contribution in [0.25, 0.3) is 0 Å². The molecule has 2 aromatic rings. The van der Waals surface area contributed by atoms with Crippen LogP contribution >= 0.6 is 11.6 Å². The van der Waals surface area contributed by atoms with Crippen LogP contribution in [0.4, 0.5) is 5.69 Å². The molecule has 0 aliphatic rings. The molecule has 0 amide bonds. The molecule has 1 N–H and O–H groups in total. The van der Waals surface area contributed by atoms with Gasteiger partial charge in [0.2, 0.25) is 5.88 Å². The summed E-state index contributed by atoms with van der Waals surface area (Å²) in [6.45, 7) is 1.92. The summed E-state index contributed by atoms with van der Waals surface area (Å²) in [6, 6.07) is 3.69. The van der Waals surface area contributed by atoms with Crippen molar-refractivity contribution < 1.29 is 9.47 Å². The van der Waals surface area contributed by atoms with Gasteiger partial charge in [0.1, 0.15) is 11.4 Å². The van der Waals surface area contributed by atoms with E-state index in [4.69, 9.17) is 21.1 Å². The maximum Gasteiger partial charge on any atom is 0.347 e. The number of aryl methyl sites for hydroxylation is 1. The Kier molecular flexibility index (Phi) is 4.59. The van der Waals surface area contributed by atoms with Crippen LogP contribution in [0.3, 0.4) is 0 Å². The van der Waals surface area contributed by atoms with Gasteiger partial charge in [0, 0.05) is 11.8 Å². The summed E-state index contributed by atoms with van der Waals surface area (Å²) in [6.07, 6.45) is 2.91. The van der Waals surface area contributed by atoms with Crippen LogP contribution in [0.5, 0.6) is 11.6 Å². The van der Waals surface area contributed by atoms with Crippen LogP contribution in [0, 0.1) is 6.92 Å². The molecule has 6 nitrogen and oxygen atoms in total. The third-order valence-electron chi connectivity index (χ3n) is 2.72. The number of benzene rings is 1.